The standard InChI is InChI=1S/C27H28N4O2S/c32-24(30-21-12-10-20(11-13-21)28-16-14-19-6-2-1-3-7-19)15-17-31-18-29-26-25(27(31)33)22-8-4-5-9-23(22)34-26/h1-3,6-7,10-13,18,28H,4-5,8-9,14-17H2,(H,30,32). The average Bonchev–Trinajstić information content (AvgIpc) is 3.25. The Bertz CT molecular complexity index is 1340. The van der Waals surface area contributed by atoms with Crippen LogP contribution in [0.4, 0.5) is 11.4 Å². The van der Waals surface area contributed by atoms with Crippen molar-refractivity contribution < 1.29 is 4.79 Å². The van der Waals surface area contributed by atoms with Crippen molar-refractivity contribution in [2.45, 2.75) is 45.1 Å². The van der Waals surface area contributed by atoms with Crippen LogP contribution >= 0.6 is 11.3 Å². The molecule has 0 saturated heterocycles. The number of nitrogens with zero attached hydrogens (tertiary/aromatic N) is 2. The van der Waals surface area contributed by atoms with Gasteiger partial charge in [0.2, 0.25) is 5.91 Å². The van der Waals surface area contributed by atoms with E-state index in [9.17, 15) is 9.59 Å². The van der Waals surface area contributed by atoms with E-state index in [0.717, 1.165) is 53.8 Å². The van der Waals surface area contributed by atoms with Gasteiger partial charge in [0.1, 0.15) is 4.83 Å². The largest absolute Gasteiger partial charge is 0.385 e. The first kappa shape index (κ1) is 22.3. The van der Waals surface area contributed by atoms with Gasteiger partial charge >= 0.3 is 0 Å². The summed E-state index contributed by atoms with van der Waals surface area (Å²) in [4.78, 5) is 32.2. The minimum absolute atomic E-state index is 0.0249. The maximum absolute atomic E-state index is 13.0. The third-order valence-electron chi connectivity index (χ3n) is 6.28. The van der Waals surface area contributed by atoms with Crippen molar-refractivity contribution in [3.63, 3.8) is 0 Å². The number of rotatable bonds is 8. The molecule has 0 fully saturated rings. The molecule has 0 unspecified atom stereocenters. The average molecular weight is 473 g/mol. The van der Waals surface area contributed by atoms with E-state index in [4.69, 9.17) is 0 Å². The molecule has 0 aliphatic heterocycles. The third-order valence-corrected chi connectivity index (χ3v) is 7.48. The molecule has 2 aromatic heterocycles. The number of hydrogen-bond donors (Lipinski definition) is 2. The summed E-state index contributed by atoms with van der Waals surface area (Å²) in [5.74, 6) is -0.121. The highest BCUT2D eigenvalue weighted by Crippen LogP contribution is 2.33. The molecule has 4 aromatic rings. The van der Waals surface area contributed by atoms with Crippen LogP contribution in [-0.2, 0) is 30.6 Å². The lowest BCUT2D eigenvalue weighted by Gasteiger charge is -2.11. The summed E-state index contributed by atoms with van der Waals surface area (Å²) < 4.78 is 1.57. The summed E-state index contributed by atoms with van der Waals surface area (Å²) in [7, 11) is 0. The quantitative estimate of drug-likeness (QED) is 0.378. The molecule has 6 nitrogen and oxygen atoms in total. The Kier molecular flexibility index (Phi) is 6.72. The maximum atomic E-state index is 13.0. The molecule has 1 amide bonds. The number of hydrogen-bond acceptors (Lipinski definition) is 5. The van der Waals surface area contributed by atoms with Crippen LogP contribution in [0, 0.1) is 0 Å². The van der Waals surface area contributed by atoms with Crippen LogP contribution < -0.4 is 16.2 Å². The molecule has 1 aliphatic rings. The van der Waals surface area contributed by atoms with Crippen molar-refractivity contribution in [2.24, 2.45) is 0 Å². The third kappa shape index (κ3) is 5.04. The van der Waals surface area contributed by atoms with E-state index in [1.54, 1.807) is 22.2 Å². The lowest BCUT2D eigenvalue weighted by atomic mass is 9.97. The Labute approximate surface area is 202 Å². The van der Waals surface area contributed by atoms with Crippen LogP contribution in [0.1, 0.15) is 35.3 Å². The van der Waals surface area contributed by atoms with Crippen molar-refractivity contribution in [3.8, 4) is 0 Å². The first-order valence-corrected chi connectivity index (χ1v) is 12.7. The summed E-state index contributed by atoms with van der Waals surface area (Å²) in [6, 6.07) is 18.1. The molecule has 2 N–H and O–H groups in total. The number of aryl methyl sites for hydroxylation is 3. The zero-order chi connectivity index (χ0) is 23.3. The van der Waals surface area contributed by atoms with E-state index >= 15 is 0 Å². The van der Waals surface area contributed by atoms with E-state index in [-0.39, 0.29) is 17.9 Å². The summed E-state index contributed by atoms with van der Waals surface area (Å²) in [6.07, 6.45) is 7.04. The highest BCUT2D eigenvalue weighted by atomic mass is 32.1. The Morgan fingerprint density at radius 2 is 1.76 bits per heavy atom. The molecular formula is C27H28N4O2S. The minimum atomic E-state index is -0.121. The molecule has 5 rings (SSSR count). The molecule has 174 valence electrons. The molecule has 34 heavy (non-hydrogen) atoms. The van der Waals surface area contributed by atoms with Crippen LogP contribution in [0.2, 0.25) is 0 Å². The summed E-state index contributed by atoms with van der Waals surface area (Å²) in [5, 5.41) is 7.09. The van der Waals surface area contributed by atoms with Crippen LogP contribution in [0.5, 0.6) is 0 Å². The van der Waals surface area contributed by atoms with Gasteiger partial charge in [-0.15, -0.1) is 11.3 Å². The monoisotopic (exact) mass is 472 g/mol. The molecule has 2 aromatic carbocycles. The van der Waals surface area contributed by atoms with Gasteiger partial charge in [-0.05, 0) is 67.5 Å². The lowest BCUT2D eigenvalue weighted by molar-refractivity contribution is -0.116. The predicted octanol–water partition coefficient (Wildman–Crippen LogP) is 5.02. The molecular weight excluding hydrogens is 444 g/mol. The number of thiophene rings is 1. The zero-order valence-electron chi connectivity index (χ0n) is 19.0. The molecule has 0 saturated carbocycles. The van der Waals surface area contributed by atoms with Gasteiger partial charge < -0.3 is 10.6 Å². The van der Waals surface area contributed by atoms with Gasteiger partial charge in [0, 0.05) is 35.8 Å². The minimum Gasteiger partial charge on any atom is -0.385 e. The fourth-order valence-corrected chi connectivity index (χ4v) is 5.67. The van der Waals surface area contributed by atoms with E-state index in [0.29, 0.717) is 6.54 Å². The van der Waals surface area contributed by atoms with Crippen molar-refractivity contribution in [1.29, 1.82) is 0 Å². The Hall–Kier alpha value is -3.45. The first-order chi connectivity index (χ1) is 16.7. The van der Waals surface area contributed by atoms with E-state index in [1.165, 1.54) is 22.4 Å². The van der Waals surface area contributed by atoms with Crippen LogP contribution in [0.25, 0.3) is 10.2 Å². The number of aromatic nitrogens is 2. The summed E-state index contributed by atoms with van der Waals surface area (Å²) >= 11 is 1.64. The second kappa shape index (κ2) is 10.2. The molecule has 0 atom stereocenters. The van der Waals surface area contributed by atoms with Gasteiger partial charge in [0.05, 0.1) is 11.7 Å². The second-order valence-corrected chi connectivity index (χ2v) is 9.76. The van der Waals surface area contributed by atoms with Gasteiger partial charge in [0.25, 0.3) is 5.56 Å². The number of carbonyl (C=O) groups is 1. The van der Waals surface area contributed by atoms with Crippen LogP contribution in [-0.4, -0.2) is 22.0 Å². The first-order valence-electron chi connectivity index (χ1n) is 11.8. The van der Waals surface area contributed by atoms with Gasteiger partial charge in [-0.1, -0.05) is 30.3 Å². The second-order valence-electron chi connectivity index (χ2n) is 8.67. The van der Waals surface area contributed by atoms with E-state index in [1.807, 2.05) is 42.5 Å². The SMILES string of the molecule is O=C(CCn1cnc2sc3c(c2c1=O)CCCC3)Nc1ccc(NCCc2ccccc2)cc1. The van der Waals surface area contributed by atoms with Crippen molar-refractivity contribution >= 4 is 38.8 Å². The molecule has 1 aliphatic carbocycles. The normalized spacial score (nSPS) is 12.9. The highest BCUT2D eigenvalue weighted by molar-refractivity contribution is 7.18. The van der Waals surface area contributed by atoms with Crippen molar-refractivity contribution in [3.05, 3.63) is 87.3 Å². The van der Waals surface area contributed by atoms with E-state index in [2.05, 4.69) is 27.8 Å². The fourth-order valence-electron chi connectivity index (χ4n) is 4.45. The number of nitrogens with one attached hydrogen (secondary N) is 2. The number of amides is 1. The molecule has 0 spiro atoms. The lowest BCUT2D eigenvalue weighted by Crippen LogP contribution is -2.24. The number of carbonyl (C=O) groups excluding carboxylic acids is 1. The Morgan fingerprint density at radius 3 is 2.59 bits per heavy atom. The summed E-state index contributed by atoms with van der Waals surface area (Å²) in [5.41, 5.74) is 4.21. The molecule has 7 heteroatoms. The van der Waals surface area contributed by atoms with Crippen molar-refractivity contribution in [1.82, 2.24) is 9.55 Å². The fraction of sp³-hybridized carbons (Fsp3) is 0.296. The smallest absolute Gasteiger partial charge is 0.262 e. The van der Waals surface area contributed by atoms with Crippen LogP contribution in [0.3, 0.4) is 0 Å². The van der Waals surface area contributed by atoms with Gasteiger partial charge in [-0.2, -0.15) is 0 Å². The van der Waals surface area contributed by atoms with Gasteiger partial charge in [-0.25, -0.2) is 4.98 Å². The summed E-state index contributed by atoms with van der Waals surface area (Å²) in [6.45, 7) is 1.16. The predicted molar refractivity (Wildman–Crippen MR) is 139 cm³/mol. The molecule has 2 heterocycles. The van der Waals surface area contributed by atoms with Crippen LogP contribution in [0.15, 0.2) is 65.7 Å². The molecule has 0 radical (unpaired) electrons. The highest BCUT2D eigenvalue weighted by Gasteiger charge is 2.20. The number of fused-ring (bicyclic) bond motifs is 3. The zero-order valence-corrected chi connectivity index (χ0v) is 19.9. The Balaban J connectivity index is 1.14. The van der Waals surface area contributed by atoms with Crippen molar-refractivity contribution in [2.75, 3.05) is 17.2 Å². The Morgan fingerprint density at radius 1 is 1.00 bits per heavy atom. The topological polar surface area (TPSA) is 76.0 Å². The maximum Gasteiger partial charge on any atom is 0.262 e. The van der Waals surface area contributed by atoms with Gasteiger partial charge in [-0.3, -0.25) is 14.2 Å². The van der Waals surface area contributed by atoms with E-state index < -0.39 is 0 Å². The number of benzene rings is 2. The van der Waals surface area contributed by atoms with Gasteiger partial charge in [0.15, 0.2) is 0 Å². The number of anilines is 2. The molecule has 0 bridgehead atoms.